The number of aromatic hydroxyl groups is 1. The lowest BCUT2D eigenvalue weighted by Crippen LogP contribution is -2.13. The van der Waals surface area contributed by atoms with Crippen LogP contribution in [-0.2, 0) is 10.0 Å². The van der Waals surface area contributed by atoms with Crippen LogP contribution in [0.25, 0.3) is 0 Å². The standard InChI is InChI=1S/C14H14BrNO4S/c1-9-3-4-10(7-13(9)17)16-21(18,19)11-5-6-14(20-2)12(15)8-11/h3-8,16-17H,1-2H3. The Morgan fingerprint density at radius 3 is 2.48 bits per heavy atom. The summed E-state index contributed by atoms with van der Waals surface area (Å²) in [5.41, 5.74) is 0.968. The third-order valence-electron chi connectivity index (χ3n) is 2.89. The molecule has 0 aliphatic rings. The highest BCUT2D eigenvalue weighted by molar-refractivity contribution is 9.10. The molecular weight excluding hydrogens is 358 g/mol. The summed E-state index contributed by atoms with van der Waals surface area (Å²) in [6, 6.07) is 9.05. The van der Waals surface area contributed by atoms with Gasteiger partial charge in [0.15, 0.2) is 0 Å². The molecule has 0 aromatic heterocycles. The minimum Gasteiger partial charge on any atom is -0.508 e. The van der Waals surface area contributed by atoms with Gasteiger partial charge in [-0.1, -0.05) is 6.07 Å². The van der Waals surface area contributed by atoms with Gasteiger partial charge in [0.25, 0.3) is 10.0 Å². The van der Waals surface area contributed by atoms with Crippen molar-refractivity contribution < 1.29 is 18.3 Å². The van der Waals surface area contributed by atoms with Crippen molar-refractivity contribution in [3.05, 3.63) is 46.4 Å². The number of methoxy groups -OCH3 is 1. The normalized spacial score (nSPS) is 11.2. The van der Waals surface area contributed by atoms with Gasteiger partial charge in [-0.2, -0.15) is 0 Å². The van der Waals surface area contributed by atoms with Gasteiger partial charge in [0, 0.05) is 6.07 Å². The van der Waals surface area contributed by atoms with E-state index in [9.17, 15) is 13.5 Å². The quantitative estimate of drug-likeness (QED) is 0.864. The second-order valence-corrected chi connectivity index (χ2v) is 6.94. The Morgan fingerprint density at radius 2 is 1.90 bits per heavy atom. The molecule has 0 radical (unpaired) electrons. The average molecular weight is 372 g/mol. The van der Waals surface area contributed by atoms with Crippen LogP contribution in [0.5, 0.6) is 11.5 Å². The van der Waals surface area contributed by atoms with Gasteiger partial charge in [-0.05, 0) is 52.7 Å². The van der Waals surface area contributed by atoms with Crippen LogP contribution in [0.1, 0.15) is 5.56 Å². The van der Waals surface area contributed by atoms with Crippen LogP contribution in [0.2, 0.25) is 0 Å². The van der Waals surface area contributed by atoms with Crippen molar-refractivity contribution in [2.75, 3.05) is 11.8 Å². The van der Waals surface area contributed by atoms with Crippen molar-refractivity contribution in [3.63, 3.8) is 0 Å². The molecule has 0 atom stereocenters. The number of halogens is 1. The van der Waals surface area contributed by atoms with Gasteiger partial charge >= 0.3 is 0 Å². The van der Waals surface area contributed by atoms with Crippen molar-refractivity contribution >= 4 is 31.6 Å². The van der Waals surface area contributed by atoms with E-state index in [2.05, 4.69) is 20.7 Å². The van der Waals surface area contributed by atoms with Crippen molar-refractivity contribution in [3.8, 4) is 11.5 Å². The first-order valence-corrected chi connectivity index (χ1v) is 8.27. The number of hydrogen-bond acceptors (Lipinski definition) is 4. The first-order chi connectivity index (χ1) is 9.83. The van der Waals surface area contributed by atoms with E-state index < -0.39 is 10.0 Å². The van der Waals surface area contributed by atoms with Crippen LogP contribution in [0.3, 0.4) is 0 Å². The Labute approximate surface area is 131 Å². The Morgan fingerprint density at radius 1 is 1.19 bits per heavy atom. The van der Waals surface area contributed by atoms with Gasteiger partial charge in [0.05, 0.1) is 22.2 Å². The number of sulfonamides is 1. The molecule has 0 saturated heterocycles. The van der Waals surface area contributed by atoms with Crippen LogP contribution in [0.4, 0.5) is 5.69 Å². The molecule has 0 aliphatic heterocycles. The topological polar surface area (TPSA) is 75.6 Å². The van der Waals surface area contributed by atoms with Gasteiger partial charge in [0.2, 0.25) is 0 Å². The van der Waals surface area contributed by atoms with E-state index in [1.807, 2.05) is 0 Å². The molecule has 2 aromatic carbocycles. The molecule has 0 spiro atoms. The molecule has 21 heavy (non-hydrogen) atoms. The number of phenols is 1. The van der Waals surface area contributed by atoms with E-state index in [0.717, 1.165) is 0 Å². The third kappa shape index (κ3) is 3.48. The zero-order valence-corrected chi connectivity index (χ0v) is 13.8. The van der Waals surface area contributed by atoms with Crippen LogP contribution in [0, 0.1) is 6.92 Å². The highest BCUT2D eigenvalue weighted by Gasteiger charge is 2.16. The molecule has 2 rings (SSSR count). The number of phenolic OH excluding ortho intramolecular Hbond substituents is 1. The van der Waals surface area contributed by atoms with Gasteiger partial charge in [-0.15, -0.1) is 0 Å². The monoisotopic (exact) mass is 371 g/mol. The van der Waals surface area contributed by atoms with Crippen molar-refractivity contribution in [1.29, 1.82) is 0 Å². The maximum absolute atomic E-state index is 12.3. The third-order valence-corrected chi connectivity index (χ3v) is 4.89. The fraction of sp³-hybridized carbons (Fsp3) is 0.143. The maximum atomic E-state index is 12.3. The van der Waals surface area contributed by atoms with Crippen molar-refractivity contribution in [2.45, 2.75) is 11.8 Å². The summed E-state index contributed by atoms with van der Waals surface area (Å²) in [5, 5.41) is 9.62. The Kier molecular flexibility index (Phi) is 4.43. The second-order valence-electron chi connectivity index (χ2n) is 4.40. The number of nitrogens with one attached hydrogen (secondary N) is 1. The highest BCUT2D eigenvalue weighted by Crippen LogP contribution is 2.29. The molecular formula is C14H14BrNO4S. The molecule has 2 N–H and O–H groups in total. The number of anilines is 1. The number of benzene rings is 2. The number of aryl methyl sites for hydroxylation is 1. The lowest BCUT2D eigenvalue weighted by Gasteiger charge is -2.10. The molecule has 0 fully saturated rings. The van der Waals surface area contributed by atoms with Crippen molar-refractivity contribution in [2.24, 2.45) is 0 Å². The summed E-state index contributed by atoms with van der Waals surface area (Å²) in [4.78, 5) is 0.0928. The zero-order valence-electron chi connectivity index (χ0n) is 11.4. The SMILES string of the molecule is COc1ccc(S(=O)(=O)Nc2ccc(C)c(O)c2)cc1Br. The molecule has 0 unspecified atom stereocenters. The summed E-state index contributed by atoms with van der Waals surface area (Å²) in [6.45, 7) is 1.73. The van der Waals surface area contributed by atoms with E-state index in [-0.39, 0.29) is 10.6 Å². The molecule has 5 nitrogen and oxygen atoms in total. The van der Waals surface area contributed by atoms with E-state index in [1.54, 1.807) is 25.1 Å². The number of rotatable bonds is 4. The highest BCUT2D eigenvalue weighted by atomic mass is 79.9. The number of hydrogen-bond donors (Lipinski definition) is 2. The largest absolute Gasteiger partial charge is 0.508 e. The molecule has 7 heteroatoms. The Bertz CT molecular complexity index is 775. The molecule has 0 bridgehead atoms. The van der Waals surface area contributed by atoms with Crippen LogP contribution >= 0.6 is 15.9 Å². The zero-order chi connectivity index (χ0) is 15.6. The lowest BCUT2D eigenvalue weighted by molar-refractivity contribution is 0.411. The average Bonchev–Trinajstić information content (AvgIpc) is 2.42. The van der Waals surface area contributed by atoms with Gasteiger partial charge in [0.1, 0.15) is 11.5 Å². The maximum Gasteiger partial charge on any atom is 0.261 e. The molecule has 0 aliphatic carbocycles. The minimum absolute atomic E-state index is 0.0334. The summed E-state index contributed by atoms with van der Waals surface area (Å²) >= 11 is 3.25. The van der Waals surface area contributed by atoms with Crippen LogP contribution in [0.15, 0.2) is 45.8 Å². The van der Waals surface area contributed by atoms with E-state index in [4.69, 9.17) is 4.74 Å². The minimum atomic E-state index is -3.74. The molecule has 112 valence electrons. The Balaban J connectivity index is 2.33. The predicted octanol–water partition coefficient (Wildman–Crippen LogP) is 3.27. The molecule has 0 saturated carbocycles. The summed E-state index contributed by atoms with van der Waals surface area (Å²) in [6.07, 6.45) is 0. The summed E-state index contributed by atoms with van der Waals surface area (Å²) < 4.78 is 32.6. The second kappa shape index (κ2) is 5.95. The van der Waals surface area contributed by atoms with E-state index in [0.29, 0.717) is 21.5 Å². The van der Waals surface area contributed by atoms with Crippen LogP contribution < -0.4 is 9.46 Å². The summed E-state index contributed by atoms with van der Waals surface area (Å²) in [5.74, 6) is 0.577. The smallest absolute Gasteiger partial charge is 0.261 e. The fourth-order valence-electron chi connectivity index (χ4n) is 1.70. The van der Waals surface area contributed by atoms with Gasteiger partial charge in [-0.25, -0.2) is 8.42 Å². The molecule has 2 aromatic rings. The lowest BCUT2D eigenvalue weighted by atomic mass is 10.2. The van der Waals surface area contributed by atoms with Gasteiger partial charge in [-0.3, -0.25) is 4.72 Å². The van der Waals surface area contributed by atoms with E-state index >= 15 is 0 Å². The van der Waals surface area contributed by atoms with Gasteiger partial charge < -0.3 is 9.84 Å². The first kappa shape index (κ1) is 15.7. The number of ether oxygens (including phenoxy) is 1. The van der Waals surface area contributed by atoms with Crippen molar-refractivity contribution in [1.82, 2.24) is 0 Å². The Hall–Kier alpha value is -1.73. The summed E-state index contributed by atoms with van der Waals surface area (Å²) in [7, 11) is -2.24. The molecule has 0 heterocycles. The first-order valence-electron chi connectivity index (χ1n) is 5.99. The fourth-order valence-corrected chi connectivity index (χ4v) is 3.47. The van der Waals surface area contributed by atoms with E-state index in [1.165, 1.54) is 25.3 Å². The van der Waals surface area contributed by atoms with Crippen LogP contribution in [-0.4, -0.2) is 20.6 Å². The predicted molar refractivity (Wildman–Crippen MR) is 84.3 cm³/mol. The molecule has 0 amide bonds.